The molecular weight excluding hydrogens is 255 g/mol. The average Bonchev–Trinajstić information content (AvgIpc) is 2.24. The van der Waals surface area contributed by atoms with Crippen molar-refractivity contribution in [2.75, 3.05) is 13.2 Å². The first-order chi connectivity index (χ1) is 8.22. The van der Waals surface area contributed by atoms with E-state index >= 15 is 0 Å². The normalized spacial score (nSPS) is 29.2. The van der Waals surface area contributed by atoms with Gasteiger partial charge in [-0.1, -0.05) is 0 Å². The lowest BCUT2D eigenvalue weighted by Crippen LogP contribution is -2.45. The van der Waals surface area contributed by atoms with E-state index in [0.717, 1.165) is 0 Å². The summed E-state index contributed by atoms with van der Waals surface area (Å²) in [6, 6.07) is 0. The van der Waals surface area contributed by atoms with E-state index in [1.54, 1.807) is 0 Å². The second-order valence-electron chi connectivity index (χ2n) is 4.56. The van der Waals surface area contributed by atoms with Crippen LogP contribution in [-0.4, -0.2) is 41.1 Å². The van der Waals surface area contributed by atoms with E-state index in [-0.39, 0.29) is 19.4 Å². The lowest BCUT2D eigenvalue weighted by molar-refractivity contribution is -0.194. The number of carboxylic acid groups (broad SMARTS) is 1. The van der Waals surface area contributed by atoms with Gasteiger partial charge in [-0.15, -0.1) is 0 Å². The summed E-state index contributed by atoms with van der Waals surface area (Å²) in [5.41, 5.74) is 0.882. The minimum absolute atomic E-state index is 0.143. The van der Waals surface area contributed by atoms with E-state index in [2.05, 4.69) is 10.3 Å². The van der Waals surface area contributed by atoms with Gasteiger partial charge in [0.2, 0.25) is 0 Å². The number of nitrogens with one attached hydrogen (secondary N) is 1. The SMILES string of the molecule is O=C(O)C1CCC(O)(CNOCC(F)(F)F)CC1. The first-order valence-electron chi connectivity index (χ1n) is 5.58. The van der Waals surface area contributed by atoms with Crippen molar-refractivity contribution in [3.63, 3.8) is 0 Å². The van der Waals surface area contributed by atoms with Crippen LogP contribution in [0, 0.1) is 5.92 Å². The van der Waals surface area contributed by atoms with Gasteiger partial charge in [-0.2, -0.15) is 18.7 Å². The van der Waals surface area contributed by atoms with E-state index in [4.69, 9.17) is 5.11 Å². The Morgan fingerprint density at radius 2 is 1.94 bits per heavy atom. The van der Waals surface area contributed by atoms with Crippen molar-refractivity contribution in [2.45, 2.75) is 37.5 Å². The molecule has 1 aliphatic rings. The molecule has 0 aromatic carbocycles. The molecule has 106 valence electrons. The summed E-state index contributed by atoms with van der Waals surface area (Å²) in [5.74, 6) is -1.39. The molecule has 0 saturated heterocycles. The van der Waals surface area contributed by atoms with Gasteiger partial charge in [0.25, 0.3) is 0 Å². The zero-order chi connectivity index (χ0) is 13.8. The summed E-state index contributed by atoms with van der Waals surface area (Å²) in [6.45, 7) is -1.57. The molecule has 0 bridgehead atoms. The Morgan fingerprint density at radius 3 is 2.39 bits per heavy atom. The fraction of sp³-hybridized carbons (Fsp3) is 0.900. The molecule has 8 heteroatoms. The molecule has 1 fully saturated rings. The molecule has 3 N–H and O–H groups in total. The van der Waals surface area contributed by atoms with Gasteiger partial charge in [0.05, 0.1) is 11.5 Å². The molecule has 0 heterocycles. The number of carboxylic acids is 1. The minimum Gasteiger partial charge on any atom is -0.481 e. The van der Waals surface area contributed by atoms with Crippen LogP contribution in [0.3, 0.4) is 0 Å². The second-order valence-corrected chi connectivity index (χ2v) is 4.56. The van der Waals surface area contributed by atoms with Gasteiger partial charge in [-0.25, -0.2) is 0 Å². The number of hydrogen-bond donors (Lipinski definition) is 3. The van der Waals surface area contributed by atoms with E-state index in [1.165, 1.54) is 0 Å². The largest absolute Gasteiger partial charge is 0.481 e. The Hall–Kier alpha value is -0.860. The Labute approximate surface area is 102 Å². The highest BCUT2D eigenvalue weighted by molar-refractivity contribution is 5.70. The van der Waals surface area contributed by atoms with E-state index in [0.29, 0.717) is 12.8 Å². The second kappa shape index (κ2) is 5.85. The third-order valence-electron chi connectivity index (χ3n) is 3.00. The Morgan fingerprint density at radius 1 is 1.39 bits per heavy atom. The van der Waals surface area contributed by atoms with Crippen LogP contribution >= 0.6 is 0 Å². The van der Waals surface area contributed by atoms with Crippen LogP contribution in [0.15, 0.2) is 0 Å². The van der Waals surface area contributed by atoms with Crippen molar-refractivity contribution in [1.29, 1.82) is 0 Å². The van der Waals surface area contributed by atoms with E-state index in [9.17, 15) is 23.1 Å². The molecular formula is C10H16F3NO4. The molecule has 5 nitrogen and oxygen atoms in total. The van der Waals surface area contributed by atoms with Crippen LogP contribution in [0.25, 0.3) is 0 Å². The fourth-order valence-corrected chi connectivity index (χ4v) is 1.90. The molecule has 1 rings (SSSR count). The standard InChI is InChI=1S/C10H16F3NO4/c11-10(12,13)6-18-14-5-9(17)3-1-7(2-4-9)8(15)16/h7,14,17H,1-6H2,(H,15,16). The quantitative estimate of drug-likeness (QED) is 0.515. The third kappa shape index (κ3) is 5.19. The monoisotopic (exact) mass is 271 g/mol. The van der Waals surface area contributed by atoms with Crippen LogP contribution in [0.5, 0.6) is 0 Å². The molecule has 0 aromatic rings. The lowest BCUT2D eigenvalue weighted by atomic mass is 9.79. The highest BCUT2D eigenvalue weighted by atomic mass is 19.4. The maximum absolute atomic E-state index is 11.8. The maximum Gasteiger partial charge on any atom is 0.413 e. The van der Waals surface area contributed by atoms with Crippen LogP contribution in [-0.2, 0) is 9.63 Å². The van der Waals surface area contributed by atoms with Crippen molar-refractivity contribution in [1.82, 2.24) is 5.48 Å². The molecule has 0 spiro atoms. The Kier molecular flexibility index (Phi) is 4.94. The molecule has 0 atom stereocenters. The number of hydroxylamine groups is 1. The summed E-state index contributed by atoms with van der Waals surface area (Å²) in [6.07, 6.45) is -3.34. The number of aliphatic hydroxyl groups is 1. The van der Waals surface area contributed by atoms with Crippen molar-refractivity contribution >= 4 is 5.97 Å². The summed E-state index contributed by atoms with van der Waals surface area (Å²) in [7, 11) is 0. The predicted molar refractivity (Wildman–Crippen MR) is 54.6 cm³/mol. The van der Waals surface area contributed by atoms with Crippen molar-refractivity contribution in [3.8, 4) is 0 Å². The highest BCUT2D eigenvalue weighted by Crippen LogP contribution is 2.31. The molecule has 1 aliphatic carbocycles. The molecule has 18 heavy (non-hydrogen) atoms. The molecule has 0 unspecified atom stereocenters. The fourth-order valence-electron chi connectivity index (χ4n) is 1.90. The number of hydrogen-bond acceptors (Lipinski definition) is 4. The molecule has 1 saturated carbocycles. The first-order valence-corrected chi connectivity index (χ1v) is 5.58. The number of alkyl halides is 3. The summed E-state index contributed by atoms with van der Waals surface area (Å²) in [4.78, 5) is 14.9. The van der Waals surface area contributed by atoms with Gasteiger partial charge >= 0.3 is 12.1 Å². The summed E-state index contributed by atoms with van der Waals surface area (Å²) in [5, 5.41) is 18.7. The Balaban J connectivity index is 2.24. The molecule has 0 radical (unpaired) electrons. The first kappa shape index (κ1) is 15.2. The van der Waals surface area contributed by atoms with Crippen LogP contribution in [0.2, 0.25) is 0 Å². The number of carbonyl (C=O) groups is 1. The van der Waals surface area contributed by atoms with Gasteiger partial charge in [0.15, 0.2) is 6.61 Å². The van der Waals surface area contributed by atoms with Crippen molar-refractivity contribution in [2.24, 2.45) is 5.92 Å². The molecule has 0 aliphatic heterocycles. The number of rotatable bonds is 5. The van der Waals surface area contributed by atoms with Crippen LogP contribution < -0.4 is 5.48 Å². The van der Waals surface area contributed by atoms with E-state index < -0.39 is 30.3 Å². The van der Waals surface area contributed by atoms with Gasteiger partial charge < -0.3 is 10.2 Å². The molecule has 0 aromatic heterocycles. The van der Waals surface area contributed by atoms with Crippen LogP contribution in [0.1, 0.15) is 25.7 Å². The number of aliphatic carboxylic acids is 1. The summed E-state index contributed by atoms with van der Waals surface area (Å²) >= 11 is 0. The van der Waals surface area contributed by atoms with Crippen molar-refractivity contribution < 1.29 is 33.0 Å². The topological polar surface area (TPSA) is 78.8 Å². The third-order valence-corrected chi connectivity index (χ3v) is 3.00. The van der Waals surface area contributed by atoms with Gasteiger partial charge in [-0.3, -0.25) is 9.63 Å². The average molecular weight is 271 g/mol. The van der Waals surface area contributed by atoms with Crippen LogP contribution in [0.4, 0.5) is 13.2 Å². The molecule has 0 amide bonds. The predicted octanol–water partition coefficient (Wildman–Crippen LogP) is 1.08. The number of halogens is 3. The van der Waals surface area contributed by atoms with Gasteiger partial charge in [0, 0.05) is 6.54 Å². The summed E-state index contributed by atoms with van der Waals surface area (Å²) < 4.78 is 35.3. The Bertz CT molecular complexity index is 287. The lowest BCUT2D eigenvalue weighted by Gasteiger charge is -2.34. The highest BCUT2D eigenvalue weighted by Gasteiger charge is 2.36. The maximum atomic E-state index is 11.8. The zero-order valence-electron chi connectivity index (χ0n) is 9.66. The van der Waals surface area contributed by atoms with E-state index in [1.807, 2.05) is 0 Å². The smallest absolute Gasteiger partial charge is 0.413 e. The van der Waals surface area contributed by atoms with Gasteiger partial charge in [0.1, 0.15) is 0 Å². The van der Waals surface area contributed by atoms with Gasteiger partial charge in [-0.05, 0) is 25.7 Å². The van der Waals surface area contributed by atoms with Crippen molar-refractivity contribution in [3.05, 3.63) is 0 Å². The minimum atomic E-state index is -4.42. The zero-order valence-corrected chi connectivity index (χ0v) is 9.66.